The molecule has 0 aliphatic heterocycles. The average molecular weight is 318 g/mol. The molecule has 0 saturated heterocycles. The number of methoxy groups -OCH3 is 1. The van der Waals surface area contributed by atoms with Crippen molar-refractivity contribution in [3.63, 3.8) is 0 Å². The third kappa shape index (κ3) is 2.80. The number of amides is 1. The highest BCUT2D eigenvalue weighted by Gasteiger charge is 2.14. The Morgan fingerprint density at radius 3 is 2.52 bits per heavy atom. The van der Waals surface area contributed by atoms with E-state index in [1.54, 1.807) is 24.3 Å². The molecule has 1 amide bonds. The van der Waals surface area contributed by atoms with Gasteiger partial charge in [0.05, 0.1) is 7.11 Å². The van der Waals surface area contributed by atoms with Gasteiger partial charge in [-0.15, -0.1) is 0 Å². The number of carbonyl (C=O) groups excluding carboxylic acids is 1. The average Bonchev–Trinajstić information content (AvgIpc) is 2.95. The molecule has 0 atom stereocenters. The van der Waals surface area contributed by atoms with Gasteiger partial charge in [0.2, 0.25) is 0 Å². The first kappa shape index (κ1) is 14.8. The van der Waals surface area contributed by atoms with Crippen LogP contribution in [0.15, 0.2) is 36.4 Å². The maximum absolute atomic E-state index is 13.3. The Morgan fingerprint density at radius 2 is 1.87 bits per heavy atom. The minimum absolute atomic E-state index is 0.0981. The van der Waals surface area contributed by atoms with Crippen molar-refractivity contribution in [1.82, 2.24) is 4.98 Å². The Hall–Kier alpha value is -3.09. The van der Waals surface area contributed by atoms with Gasteiger partial charge in [-0.25, -0.2) is 8.78 Å². The van der Waals surface area contributed by atoms with Crippen molar-refractivity contribution in [3.05, 3.63) is 53.7 Å². The van der Waals surface area contributed by atoms with Crippen LogP contribution in [0.2, 0.25) is 0 Å². The summed E-state index contributed by atoms with van der Waals surface area (Å²) in [5, 5.41) is 12.2. The predicted molar refractivity (Wildman–Crippen MR) is 80.8 cm³/mol. The fourth-order valence-corrected chi connectivity index (χ4v) is 2.20. The van der Waals surface area contributed by atoms with E-state index in [4.69, 9.17) is 9.84 Å². The Labute approximate surface area is 129 Å². The number of ether oxygens (including phenoxy) is 1. The highest BCUT2D eigenvalue weighted by Crippen LogP contribution is 2.25. The number of aromatic nitrogens is 1. The van der Waals surface area contributed by atoms with Crippen molar-refractivity contribution in [2.24, 2.45) is 0 Å². The molecule has 0 bridgehead atoms. The van der Waals surface area contributed by atoms with Crippen LogP contribution in [0.4, 0.5) is 14.5 Å². The standard InChI is InChI=1S/C16H12F2N2O3/c1-23-10-2-3-13-8(4-10)5-14(20-13)16(22)19-9-6-11(17)15(21)12(18)7-9/h2-7,20-21H,1H3,(H,19,22). The molecule has 5 nitrogen and oxygen atoms in total. The number of carbonyl (C=O) groups is 1. The molecule has 1 aromatic heterocycles. The molecular weight excluding hydrogens is 306 g/mol. The minimum Gasteiger partial charge on any atom is -0.503 e. The molecule has 0 unspecified atom stereocenters. The minimum atomic E-state index is -1.15. The molecule has 23 heavy (non-hydrogen) atoms. The first-order valence-corrected chi connectivity index (χ1v) is 6.64. The summed E-state index contributed by atoms with van der Waals surface area (Å²) >= 11 is 0. The van der Waals surface area contributed by atoms with Gasteiger partial charge < -0.3 is 20.1 Å². The van der Waals surface area contributed by atoms with E-state index in [1.807, 2.05) is 0 Å². The molecule has 1 heterocycles. The third-order valence-electron chi connectivity index (χ3n) is 3.35. The summed E-state index contributed by atoms with van der Waals surface area (Å²) in [4.78, 5) is 15.1. The maximum atomic E-state index is 13.3. The number of aromatic hydroxyl groups is 1. The van der Waals surface area contributed by atoms with Crippen LogP contribution in [0, 0.1) is 11.6 Å². The van der Waals surface area contributed by atoms with Crippen LogP contribution in [0.25, 0.3) is 10.9 Å². The smallest absolute Gasteiger partial charge is 0.272 e. The van der Waals surface area contributed by atoms with Crippen molar-refractivity contribution in [2.75, 3.05) is 12.4 Å². The quantitative estimate of drug-likeness (QED) is 0.648. The molecule has 0 spiro atoms. The second-order valence-electron chi connectivity index (χ2n) is 4.88. The summed E-state index contributed by atoms with van der Waals surface area (Å²) in [6.45, 7) is 0. The number of hydrogen-bond acceptors (Lipinski definition) is 3. The zero-order chi connectivity index (χ0) is 16.6. The summed E-state index contributed by atoms with van der Waals surface area (Å²) in [5.74, 6) is -3.31. The number of fused-ring (bicyclic) bond motifs is 1. The number of benzene rings is 2. The van der Waals surface area contributed by atoms with Crippen LogP contribution in [0.5, 0.6) is 11.5 Å². The lowest BCUT2D eigenvalue weighted by Crippen LogP contribution is -2.12. The van der Waals surface area contributed by atoms with Crippen molar-refractivity contribution in [2.45, 2.75) is 0 Å². The van der Waals surface area contributed by atoms with Crippen LogP contribution < -0.4 is 10.1 Å². The lowest BCUT2D eigenvalue weighted by molar-refractivity contribution is 0.102. The monoisotopic (exact) mass is 318 g/mol. The van der Waals surface area contributed by atoms with Gasteiger partial charge in [-0.05, 0) is 24.3 Å². The number of H-pyrrole nitrogens is 1. The topological polar surface area (TPSA) is 74.4 Å². The Balaban J connectivity index is 1.88. The van der Waals surface area contributed by atoms with Gasteiger partial charge in [-0.2, -0.15) is 0 Å². The maximum Gasteiger partial charge on any atom is 0.272 e. The van der Waals surface area contributed by atoms with Gasteiger partial charge in [-0.3, -0.25) is 4.79 Å². The van der Waals surface area contributed by atoms with Crippen LogP contribution in [-0.4, -0.2) is 23.1 Å². The predicted octanol–water partition coefficient (Wildman–Crippen LogP) is 3.41. The fraction of sp³-hybridized carbons (Fsp3) is 0.0625. The summed E-state index contributed by atoms with van der Waals surface area (Å²) in [7, 11) is 1.54. The van der Waals surface area contributed by atoms with Crippen LogP contribution in [0.1, 0.15) is 10.5 Å². The first-order valence-electron chi connectivity index (χ1n) is 6.64. The van der Waals surface area contributed by atoms with Gasteiger partial charge in [0.15, 0.2) is 17.4 Å². The molecule has 3 N–H and O–H groups in total. The summed E-state index contributed by atoms with van der Waals surface area (Å²) in [6.07, 6.45) is 0. The number of phenols is 1. The number of rotatable bonds is 3. The molecule has 0 saturated carbocycles. The van der Waals surface area contributed by atoms with E-state index in [9.17, 15) is 13.6 Å². The summed E-state index contributed by atoms with van der Waals surface area (Å²) < 4.78 is 31.7. The second kappa shape index (κ2) is 5.60. The first-order chi connectivity index (χ1) is 11.0. The second-order valence-corrected chi connectivity index (χ2v) is 4.88. The molecule has 0 aliphatic carbocycles. The van der Waals surface area contributed by atoms with Crippen LogP contribution in [-0.2, 0) is 0 Å². The van der Waals surface area contributed by atoms with E-state index in [0.717, 1.165) is 23.0 Å². The van der Waals surface area contributed by atoms with E-state index < -0.39 is 23.3 Å². The van der Waals surface area contributed by atoms with Gasteiger partial charge in [0.25, 0.3) is 5.91 Å². The number of nitrogens with one attached hydrogen (secondary N) is 2. The molecule has 3 aromatic rings. The van der Waals surface area contributed by atoms with E-state index in [-0.39, 0.29) is 11.4 Å². The number of halogens is 2. The van der Waals surface area contributed by atoms with Gasteiger partial charge in [-0.1, -0.05) is 0 Å². The Morgan fingerprint density at radius 1 is 1.17 bits per heavy atom. The Bertz CT molecular complexity index is 882. The van der Waals surface area contributed by atoms with E-state index in [0.29, 0.717) is 5.75 Å². The molecule has 118 valence electrons. The van der Waals surface area contributed by atoms with Crippen molar-refractivity contribution < 1.29 is 23.4 Å². The van der Waals surface area contributed by atoms with Crippen molar-refractivity contribution in [1.29, 1.82) is 0 Å². The molecule has 0 radical (unpaired) electrons. The lowest BCUT2D eigenvalue weighted by Gasteiger charge is -2.05. The molecular formula is C16H12F2N2O3. The number of phenolic OH excluding ortho intramolecular Hbond substituents is 1. The normalized spacial score (nSPS) is 10.7. The van der Waals surface area contributed by atoms with Gasteiger partial charge in [0.1, 0.15) is 11.4 Å². The van der Waals surface area contributed by atoms with Gasteiger partial charge in [0, 0.05) is 28.7 Å². The highest BCUT2D eigenvalue weighted by atomic mass is 19.1. The zero-order valence-electron chi connectivity index (χ0n) is 12.0. The number of aromatic amines is 1. The highest BCUT2D eigenvalue weighted by molar-refractivity contribution is 6.06. The van der Waals surface area contributed by atoms with Gasteiger partial charge >= 0.3 is 0 Å². The molecule has 0 fully saturated rings. The lowest BCUT2D eigenvalue weighted by atomic mass is 10.2. The van der Waals surface area contributed by atoms with Crippen LogP contribution >= 0.6 is 0 Å². The van der Waals surface area contributed by atoms with E-state index >= 15 is 0 Å². The number of anilines is 1. The van der Waals surface area contributed by atoms with E-state index in [2.05, 4.69) is 10.3 Å². The van der Waals surface area contributed by atoms with Crippen molar-refractivity contribution >= 4 is 22.5 Å². The molecule has 0 aliphatic rings. The summed E-state index contributed by atoms with van der Waals surface area (Å²) in [5.41, 5.74) is 0.847. The van der Waals surface area contributed by atoms with Crippen LogP contribution in [0.3, 0.4) is 0 Å². The number of hydrogen-bond donors (Lipinski definition) is 3. The Kier molecular flexibility index (Phi) is 3.61. The molecule has 7 heteroatoms. The van der Waals surface area contributed by atoms with Crippen molar-refractivity contribution in [3.8, 4) is 11.5 Å². The SMILES string of the molecule is COc1ccc2[nH]c(C(=O)Nc3cc(F)c(O)c(F)c3)cc2c1. The molecule has 2 aromatic carbocycles. The molecule has 3 rings (SSSR count). The fourth-order valence-electron chi connectivity index (χ4n) is 2.20. The zero-order valence-corrected chi connectivity index (χ0v) is 12.0. The third-order valence-corrected chi connectivity index (χ3v) is 3.35. The van der Waals surface area contributed by atoms with E-state index in [1.165, 1.54) is 7.11 Å². The largest absolute Gasteiger partial charge is 0.503 e. The summed E-state index contributed by atoms with van der Waals surface area (Å²) in [6, 6.07) is 8.52.